The van der Waals surface area contributed by atoms with Crippen LogP contribution in [-0.4, -0.2) is 50.0 Å². The summed E-state index contributed by atoms with van der Waals surface area (Å²) in [5.74, 6) is -0.682. The number of nitrogens with zero attached hydrogens (tertiary/aromatic N) is 2. The van der Waals surface area contributed by atoms with Gasteiger partial charge in [0.05, 0.1) is 11.9 Å². The molecule has 3 aromatic rings. The summed E-state index contributed by atoms with van der Waals surface area (Å²) in [6.07, 6.45) is 2.25. The van der Waals surface area contributed by atoms with Crippen LogP contribution in [0.3, 0.4) is 0 Å². The van der Waals surface area contributed by atoms with E-state index in [0.29, 0.717) is 12.1 Å². The van der Waals surface area contributed by atoms with Crippen molar-refractivity contribution in [2.45, 2.75) is 59.2 Å². The van der Waals surface area contributed by atoms with E-state index in [1.165, 1.54) is 4.90 Å². The molecule has 198 valence electrons. The summed E-state index contributed by atoms with van der Waals surface area (Å²) in [4.78, 5) is 28.6. The Kier molecular flexibility index (Phi) is 9.32. The molecule has 2 amide bonds. The molecule has 0 saturated heterocycles. The standard InChI is InChI=1S/C29H37N3O4S/c1-6-22(4)30-29(34)26(7-2)31(19-23-17-15-21(3)16-18-23)28(33)20-32(37(5,35)36)27-14-10-12-24-11-8-9-13-25(24)27/h8-18,22,26H,6-7,19-20H2,1-5H3,(H,30,34). The molecule has 0 aliphatic rings. The number of amides is 2. The fourth-order valence-corrected chi connectivity index (χ4v) is 5.13. The van der Waals surface area contributed by atoms with Crippen LogP contribution in [0.2, 0.25) is 0 Å². The number of rotatable bonds is 11. The van der Waals surface area contributed by atoms with Gasteiger partial charge in [0, 0.05) is 18.0 Å². The lowest BCUT2D eigenvalue weighted by atomic mass is 10.1. The highest BCUT2D eigenvalue weighted by molar-refractivity contribution is 7.92. The molecular formula is C29H37N3O4S. The van der Waals surface area contributed by atoms with E-state index in [2.05, 4.69) is 5.32 Å². The van der Waals surface area contributed by atoms with Gasteiger partial charge in [-0.05, 0) is 43.7 Å². The highest BCUT2D eigenvalue weighted by Gasteiger charge is 2.32. The molecule has 2 unspecified atom stereocenters. The van der Waals surface area contributed by atoms with Gasteiger partial charge < -0.3 is 10.2 Å². The largest absolute Gasteiger partial charge is 0.352 e. The normalized spacial score (nSPS) is 13.1. The van der Waals surface area contributed by atoms with Gasteiger partial charge in [-0.25, -0.2) is 8.42 Å². The van der Waals surface area contributed by atoms with Crippen molar-refractivity contribution in [3.8, 4) is 0 Å². The van der Waals surface area contributed by atoms with Crippen molar-refractivity contribution in [2.24, 2.45) is 0 Å². The first-order chi connectivity index (χ1) is 17.5. The molecule has 8 heteroatoms. The van der Waals surface area contributed by atoms with Crippen LogP contribution in [-0.2, 0) is 26.2 Å². The second-order valence-corrected chi connectivity index (χ2v) is 11.4. The molecular weight excluding hydrogens is 486 g/mol. The zero-order chi connectivity index (χ0) is 27.2. The van der Waals surface area contributed by atoms with E-state index in [1.807, 2.05) is 82.3 Å². The number of anilines is 1. The van der Waals surface area contributed by atoms with Crippen LogP contribution < -0.4 is 9.62 Å². The van der Waals surface area contributed by atoms with Crippen molar-refractivity contribution in [1.29, 1.82) is 0 Å². The molecule has 2 atom stereocenters. The lowest BCUT2D eigenvalue weighted by molar-refractivity contribution is -0.140. The smallest absolute Gasteiger partial charge is 0.244 e. The maximum Gasteiger partial charge on any atom is 0.244 e. The lowest BCUT2D eigenvalue weighted by Crippen LogP contribution is -2.53. The fourth-order valence-electron chi connectivity index (χ4n) is 4.27. The molecule has 1 N–H and O–H groups in total. The van der Waals surface area contributed by atoms with Crippen molar-refractivity contribution < 1.29 is 18.0 Å². The summed E-state index contributed by atoms with van der Waals surface area (Å²) in [5, 5.41) is 4.59. The van der Waals surface area contributed by atoms with Gasteiger partial charge in [0.25, 0.3) is 0 Å². The Morgan fingerprint density at radius 1 is 0.919 bits per heavy atom. The predicted octanol–water partition coefficient (Wildman–Crippen LogP) is 4.64. The van der Waals surface area contributed by atoms with Gasteiger partial charge in [-0.3, -0.25) is 13.9 Å². The Labute approximate surface area is 220 Å². The van der Waals surface area contributed by atoms with Crippen LogP contribution in [0.4, 0.5) is 5.69 Å². The first-order valence-electron chi connectivity index (χ1n) is 12.7. The van der Waals surface area contributed by atoms with Crippen LogP contribution in [0, 0.1) is 6.92 Å². The third-order valence-corrected chi connectivity index (χ3v) is 7.70. The molecule has 0 bridgehead atoms. The first-order valence-corrected chi connectivity index (χ1v) is 14.5. The molecule has 3 rings (SSSR count). The van der Waals surface area contributed by atoms with E-state index < -0.39 is 28.5 Å². The number of fused-ring (bicyclic) bond motifs is 1. The molecule has 0 saturated carbocycles. The van der Waals surface area contributed by atoms with Gasteiger partial charge in [0.1, 0.15) is 12.6 Å². The summed E-state index contributed by atoms with van der Waals surface area (Å²) in [6.45, 7) is 7.52. The average molecular weight is 524 g/mol. The lowest BCUT2D eigenvalue weighted by Gasteiger charge is -2.33. The molecule has 0 spiro atoms. The molecule has 0 heterocycles. The summed E-state index contributed by atoms with van der Waals surface area (Å²) < 4.78 is 27.1. The monoisotopic (exact) mass is 523 g/mol. The Bertz CT molecular complexity index is 1330. The predicted molar refractivity (Wildman–Crippen MR) is 150 cm³/mol. The molecule has 0 fully saturated rings. The zero-order valence-corrected chi connectivity index (χ0v) is 23.1. The van der Waals surface area contributed by atoms with E-state index in [9.17, 15) is 18.0 Å². The molecule has 0 aliphatic carbocycles. The van der Waals surface area contributed by atoms with Crippen molar-refractivity contribution in [3.63, 3.8) is 0 Å². The Hall–Kier alpha value is -3.39. The number of hydrogen-bond acceptors (Lipinski definition) is 4. The average Bonchev–Trinajstić information content (AvgIpc) is 2.87. The minimum atomic E-state index is -3.81. The Morgan fingerprint density at radius 3 is 2.19 bits per heavy atom. The van der Waals surface area contributed by atoms with E-state index in [0.717, 1.165) is 38.9 Å². The molecule has 0 radical (unpaired) electrons. The third kappa shape index (κ3) is 7.10. The maximum atomic E-state index is 13.9. The molecule has 3 aromatic carbocycles. The van der Waals surface area contributed by atoms with Crippen molar-refractivity contribution >= 4 is 38.3 Å². The van der Waals surface area contributed by atoms with Crippen LogP contribution in [0.5, 0.6) is 0 Å². The summed E-state index contributed by atoms with van der Waals surface area (Å²) in [5.41, 5.74) is 2.38. The number of benzene rings is 3. The number of hydrogen-bond donors (Lipinski definition) is 1. The minimum absolute atomic E-state index is 0.0407. The molecule has 0 aliphatic heterocycles. The quantitative estimate of drug-likeness (QED) is 0.397. The number of carbonyl (C=O) groups is 2. The minimum Gasteiger partial charge on any atom is -0.352 e. The van der Waals surface area contributed by atoms with Gasteiger partial charge in [0.15, 0.2) is 0 Å². The summed E-state index contributed by atoms with van der Waals surface area (Å²) in [6, 6.07) is 19.8. The number of nitrogens with one attached hydrogen (secondary N) is 1. The topological polar surface area (TPSA) is 86.8 Å². The van der Waals surface area contributed by atoms with Crippen molar-refractivity contribution in [2.75, 3.05) is 17.1 Å². The van der Waals surface area contributed by atoms with E-state index in [1.54, 1.807) is 12.1 Å². The van der Waals surface area contributed by atoms with Crippen LogP contribution in [0.15, 0.2) is 66.7 Å². The Balaban J connectivity index is 2.01. The Morgan fingerprint density at radius 2 is 1.57 bits per heavy atom. The highest BCUT2D eigenvalue weighted by Crippen LogP contribution is 2.29. The zero-order valence-electron chi connectivity index (χ0n) is 22.3. The van der Waals surface area contributed by atoms with Gasteiger partial charge >= 0.3 is 0 Å². The van der Waals surface area contributed by atoms with Crippen LogP contribution in [0.1, 0.15) is 44.7 Å². The first kappa shape index (κ1) is 28.2. The van der Waals surface area contributed by atoms with Gasteiger partial charge in [-0.2, -0.15) is 0 Å². The van der Waals surface area contributed by atoms with Crippen LogP contribution >= 0.6 is 0 Å². The molecule has 37 heavy (non-hydrogen) atoms. The van der Waals surface area contributed by atoms with Gasteiger partial charge in [0.2, 0.25) is 21.8 Å². The van der Waals surface area contributed by atoms with E-state index in [4.69, 9.17) is 0 Å². The fraction of sp³-hybridized carbons (Fsp3) is 0.379. The van der Waals surface area contributed by atoms with Crippen molar-refractivity contribution in [3.05, 3.63) is 77.9 Å². The van der Waals surface area contributed by atoms with E-state index in [-0.39, 0.29) is 18.5 Å². The number of carbonyl (C=O) groups excluding carboxylic acids is 2. The van der Waals surface area contributed by atoms with E-state index >= 15 is 0 Å². The highest BCUT2D eigenvalue weighted by atomic mass is 32.2. The van der Waals surface area contributed by atoms with Gasteiger partial charge in [-0.15, -0.1) is 0 Å². The van der Waals surface area contributed by atoms with Gasteiger partial charge in [-0.1, -0.05) is 80.1 Å². The van der Waals surface area contributed by atoms with Crippen molar-refractivity contribution in [1.82, 2.24) is 10.2 Å². The molecule has 7 nitrogen and oxygen atoms in total. The SMILES string of the molecule is CCC(C)NC(=O)C(CC)N(Cc1ccc(C)cc1)C(=O)CN(c1cccc2ccccc12)S(C)(=O)=O. The number of sulfonamides is 1. The molecule has 0 aromatic heterocycles. The summed E-state index contributed by atoms with van der Waals surface area (Å²) >= 11 is 0. The maximum absolute atomic E-state index is 13.9. The second kappa shape index (κ2) is 12.2. The van der Waals surface area contributed by atoms with Crippen LogP contribution in [0.25, 0.3) is 10.8 Å². The summed E-state index contributed by atoms with van der Waals surface area (Å²) in [7, 11) is -3.81. The number of aryl methyl sites for hydroxylation is 1. The second-order valence-electron chi connectivity index (χ2n) is 9.52. The third-order valence-electron chi connectivity index (χ3n) is 6.57.